The van der Waals surface area contributed by atoms with Gasteiger partial charge in [0.25, 0.3) is 0 Å². The van der Waals surface area contributed by atoms with Crippen molar-refractivity contribution in [2.75, 3.05) is 11.9 Å². The Morgan fingerprint density at radius 3 is 2.53 bits per heavy atom. The molecular weight excluding hydrogens is 245 g/mol. The van der Waals surface area contributed by atoms with Gasteiger partial charge >= 0.3 is 5.97 Å². The fourth-order valence-corrected chi connectivity index (χ4v) is 1.81. The van der Waals surface area contributed by atoms with Gasteiger partial charge in [0.05, 0.1) is 0 Å². The van der Waals surface area contributed by atoms with Crippen molar-refractivity contribution in [1.82, 2.24) is 0 Å². The molecular formula is C15H20FNO2. The summed E-state index contributed by atoms with van der Waals surface area (Å²) in [5.41, 5.74) is 1.39. The molecule has 0 aliphatic rings. The molecule has 0 aromatic heterocycles. The minimum absolute atomic E-state index is 0.266. The zero-order valence-corrected chi connectivity index (χ0v) is 11.7. The molecule has 1 rings (SSSR count). The fraction of sp³-hybridized carbons (Fsp3) is 0.400. The zero-order valence-electron chi connectivity index (χ0n) is 11.7. The molecule has 0 saturated heterocycles. The monoisotopic (exact) mass is 265 g/mol. The second-order valence-electron chi connectivity index (χ2n) is 4.97. The van der Waals surface area contributed by atoms with Crippen LogP contribution in [0, 0.1) is 11.7 Å². The van der Waals surface area contributed by atoms with Crippen molar-refractivity contribution in [3.8, 4) is 0 Å². The minimum Gasteiger partial charge on any atom is -0.478 e. The van der Waals surface area contributed by atoms with Crippen LogP contribution in [0.25, 0.3) is 6.08 Å². The number of rotatable bonds is 5. The quantitative estimate of drug-likeness (QED) is 0.829. The van der Waals surface area contributed by atoms with E-state index in [9.17, 15) is 9.18 Å². The second-order valence-corrected chi connectivity index (χ2v) is 4.97. The lowest BCUT2D eigenvalue weighted by molar-refractivity contribution is -0.131. The third-order valence-corrected chi connectivity index (χ3v) is 3.35. The molecule has 0 aliphatic heterocycles. The van der Waals surface area contributed by atoms with Gasteiger partial charge in [0.2, 0.25) is 0 Å². The third-order valence-electron chi connectivity index (χ3n) is 3.35. The van der Waals surface area contributed by atoms with Crippen LogP contribution in [0.2, 0.25) is 0 Å². The highest BCUT2D eigenvalue weighted by molar-refractivity contribution is 5.87. The highest BCUT2D eigenvalue weighted by atomic mass is 19.1. The van der Waals surface area contributed by atoms with Gasteiger partial charge < -0.3 is 10.0 Å². The molecule has 0 heterocycles. The molecule has 0 fully saturated rings. The predicted octanol–water partition coefficient (Wildman–Crippen LogP) is 3.40. The lowest BCUT2D eigenvalue weighted by Gasteiger charge is -2.31. The molecule has 19 heavy (non-hydrogen) atoms. The lowest BCUT2D eigenvalue weighted by atomic mass is 10.0. The Kier molecular flexibility index (Phi) is 5.10. The molecule has 1 N–H and O–H groups in total. The summed E-state index contributed by atoms with van der Waals surface area (Å²) in [4.78, 5) is 12.6. The third kappa shape index (κ3) is 4.09. The van der Waals surface area contributed by atoms with Crippen LogP contribution in [0.3, 0.4) is 0 Å². The van der Waals surface area contributed by atoms with E-state index < -0.39 is 5.97 Å². The van der Waals surface area contributed by atoms with Gasteiger partial charge in [-0.3, -0.25) is 0 Å². The fourth-order valence-electron chi connectivity index (χ4n) is 1.81. The van der Waals surface area contributed by atoms with E-state index in [4.69, 9.17) is 5.11 Å². The number of carboxylic acids is 1. The van der Waals surface area contributed by atoms with Crippen molar-refractivity contribution < 1.29 is 14.3 Å². The largest absolute Gasteiger partial charge is 0.478 e. The molecule has 1 aromatic rings. The summed E-state index contributed by atoms with van der Waals surface area (Å²) in [5.74, 6) is -0.986. The number of anilines is 1. The smallest absolute Gasteiger partial charge is 0.328 e. The summed E-state index contributed by atoms with van der Waals surface area (Å²) in [6.45, 7) is 6.30. The van der Waals surface area contributed by atoms with Gasteiger partial charge in [0.1, 0.15) is 5.82 Å². The van der Waals surface area contributed by atoms with E-state index in [0.717, 1.165) is 11.8 Å². The van der Waals surface area contributed by atoms with Crippen LogP contribution in [0.15, 0.2) is 24.3 Å². The van der Waals surface area contributed by atoms with E-state index in [1.807, 2.05) is 11.9 Å². The average Bonchev–Trinajstić information content (AvgIpc) is 2.34. The van der Waals surface area contributed by atoms with Crippen LogP contribution < -0.4 is 4.90 Å². The predicted molar refractivity (Wildman–Crippen MR) is 75.8 cm³/mol. The number of carbonyl (C=O) groups is 1. The molecule has 1 atom stereocenters. The van der Waals surface area contributed by atoms with Crippen molar-refractivity contribution in [3.63, 3.8) is 0 Å². The molecule has 104 valence electrons. The maximum Gasteiger partial charge on any atom is 0.328 e. The maximum atomic E-state index is 13.3. The van der Waals surface area contributed by atoms with E-state index in [1.54, 1.807) is 6.07 Å². The lowest BCUT2D eigenvalue weighted by Crippen LogP contribution is -2.33. The van der Waals surface area contributed by atoms with Crippen molar-refractivity contribution in [2.45, 2.75) is 26.8 Å². The Bertz CT molecular complexity index is 483. The highest BCUT2D eigenvalue weighted by Gasteiger charge is 2.16. The highest BCUT2D eigenvalue weighted by Crippen LogP contribution is 2.25. The Morgan fingerprint density at radius 2 is 2.00 bits per heavy atom. The van der Waals surface area contributed by atoms with Gasteiger partial charge in [0, 0.05) is 30.4 Å². The van der Waals surface area contributed by atoms with E-state index in [0.29, 0.717) is 11.5 Å². The first-order valence-corrected chi connectivity index (χ1v) is 6.26. The first-order chi connectivity index (χ1) is 8.82. The number of nitrogens with zero attached hydrogens (tertiary/aromatic N) is 1. The Morgan fingerprint density at radius 1 is 1.37 bits per heavy atom. The zero-order chi connectivity index (χ0) is 14.6. The average molecular weight is 265 g/mol. The van der Waals surface area contributed by atoms with E-state index >= 15 is 0 Å². The molecule has 0 amide bonds. The second kappa shape index (κ2) is 6.36. The summed E-state index contributed by atoms with van der Waals surface area (Å²) >= 11 is 0. The summed E-state index contributed by atoms with van der Waals surface area (Å²) in [6.07, 6.45) is 2.44. The van der Waals surface area contributed by atoms with Crippen LogP contribution in [-0.4, -0.2) is 24.2 Å². The topological polar surface area (TPSA) is 40.5 Å². The normalized spacial score (nSPS) is 12.9. The molecule has 0 radical (unpaired) electrons. The molecule has 4 heteroatoms. The molecule has 1 unspecified atom stereocenters. The van der Waals surface area contributed by atoms with Gasteiger partial charge in [-0.2, -0.15) is 0 Å². The number of aliphatic carboxylic acids is 1. The van der Waals surface area contributed by atoms with Crippen molar-refractivity contribution >= 4 is 17.7 Å². The number of carboxylic acid groups (broad SMARTS) is 1. The van der Waals surface area contributed by atoms with Crippen LogP contribution in [0.5, 0.6) is 0 Å². The standard InChI is InChI=1S/C15H20FNO2/c1-10(2)11(3)17(4)14-7-6-13(16)9-12(14)5-8-15(18)19/h5-11H,1-4H3,(H,18,19)/b8-5+. The summed E-state index contributed by atoms with van der Waals surface area (Å²) < 4.78 is 13.3. The molecule has 0 spiro atoms. The van der Waals surface area contributed by atoms with Gasteiger partial charge in [-0.15, -0.1) is 0 Å². The summed E-state index contributed by atoms with van der Waals surface area (Å²) in [6, 6.07) is 4.67. The molecule has 0 bridgehead atoms. The number of benzene rings is 1. The van der Waals surface area contributed by atoms with Crippen LogP contribution in [0.4, 0.5) is 10.1 Å². The maximum absolute atomic E-state index is 13.3. The molecule has 0 saturated carbocycles. The minimum atomic E-state index is -1.05. The van der Waals surface area contributed by atoms with Gasteiger partial charge in [0.15, 0.2) is 0 Å². The Hall–Kier alpha value is -1.84. The van der Waals surface area contributed by atoms with Crippen LogP contribution >= 0.6 is 0 Å². The number of halogens is 1. The first kappa shape index (κ1) is 15.2. The summed E-state index contributed by atoms with van der Waals surface area (Å²) in [7, 11) is 1.93. The molecule has 1 aromatic carbocycles. The van der Waals surface area contributed by atoms with Gasteiger partial charge in [-0.1, -0.05) is 13.8 Å². The van der Waals surface area contributed by atoms with E-state index in [-0.39, 0.29) is 11.9 Å². The van der Waals surface area contributed by atoms with Gasteiger partial charge in [-0.25, -0.2) is 9.18 Å². The molecule has 3 nitrogen and oxygen atoms in total. The number of hydrogen-bond donors (Lipinski definition) is 1. The number of hydrogen-bond acceptors (Lipinski definition) is 2. The van der Waals surface area contributed by atoms with E-state index in [2.05, 4.69) is 20.8 Å². The van der Waals surface area contributed by atoms with E-state index in [1.165, 1.54) is 18.2 Å². The molecule has 0 aliphatic carbocycles. The summed E-state index contributed by atoms with van der Waals surface area (Å²) in [5, 5.41) is 8.68. The Labute approximate surface area is 113 Å². The Balaban J connectivity index is 3.16. The van der Waals surface area contributed by atoms with Crippen LogP contribution in [-0.2, 0) is 4.79 Å². The van der Waals surface area contributed by atoms with Crippen molar-refractivity contribution in [1.29, 1.82) is 0 Å². The van der Waals surface area contributed by atoms with Crippen LogP contribution in [0.1, 0.15) is 26.3 Å². The van der Waals surface area contributed by atoms with Crippen molar-refractivity contribution in [3.05, 3.63) is 35.7 Å². The SMILES string of the molecule is CC(C)C(C)N(C)c1ccc(F)cc1/C=C/C(=O)O. The first-order valence-electron chi connectivity index (χ1n) is 6.26. The van der Waals surface area contributed by atoms with Gasteiger partial charge in [-0.05, 0) is 37.1 Å². The van der Waals surface area contributed by atoms with Crippen molar-refractivity contribution in [2.24, 2.45) is 5.92 Å².